The molecular formula is C19H24FN3OS. The van der Waals surface area contributed by atoms with Gasteiger partial charge in [-0.2, -0.15) is 0 Å². The number of hydrogen-bond donors (Lipinski definition) is 1. The van der Waals surface area contributed by atoms with Crippen molar-refractivity contribution in [1.29, 1.82) is 0 Å². The predicted molar refractivity (Wildman–Crippen MR) is 98.1 cm³/mol. The third-order valence-corrected chi connectivity index (χ3v) is 5.75. The van der Waals surface area contributed by atoms with Crippen LogP contribution in [0.25, 0.3) is 0 Å². The highest BCUT2D eigenvalue weighted by molar-refractivity contribution is 7.09. The van der Waals surface area contributed by atoms with Gasteiger partial charge in [-0.1, -0.05) is 12.1 Å². The minimum Gasteiger partial charge on any atom is -0.354 e. The van der Waals surface area contributed by atoms with E-state index in [0.29, 0.717) is 13.0 Å². The molecule has 3 rings (SSSR count). The van der Waals surface area contributed by atoms with E-state index in [1.54, 1.807) is 11.3 Å². The van der Waals surface area contributed by atoms with Crippen molar-refractivity contribution in [2.45, 2.75) is 38.6 Å². The van der Waals surface area contributed by atoms with Crippen LogP contribution in [0.2, 0.25) is 0 Å². The summed E-state index contributed by atoms with van der Waals surface area (Å²) in [6.07, 6.45) is 3.55. The molecule has 0 aliphatic carbocycles. The predicted octanol–water partition coefficient (Wildman–Crippen LogP) is 3.48. The van der Waals surface area contributed by atoms with Gasteiger partial charge in [-0.05, 0) is 57.0 Å². The Morgan fingerprint density at radius 3 is 2.68 bits per heavy atom. The van der Waals surface area contributed by atoms with Gasteiger partial charge in [-0.3, -0.25) is 9.69 Å². The molecule has 2 heterocycles. The van der Waals surface area contributed by atoms with Gasteiger partial charge in [-0.25, -0.2) is 9.37 Å². The van der Waals surface area contributed by atoms with E-state index in [-0.39, 0.29) is 17.8 Å². The lowest BCUT2D eigenvalue weighted by Gasteiger charge is -2.28. The lowest BCUT2D eigenvalue weighted by Crippen LogP contribution is -2.36. The molecule has 1 aliphatic heterocycles. The van der Waals surface area contributed by atoms with Crippen LogP contribution in [0.1, 0.15) is 41.4 Å². The van der Waals surface area contributed by atoms with Crippen molar-refractivity contribution >= 4 is 17.2 Å². The Morgan fingerprint density at radius 2 is 2.04 bits per heavy atom. The minimum absolute atomic E-state index is 0.0547. The number of halogens is 1. The molecule has 1 saturated heterocycles. The number of benzene rings is 1. The fraction of sp³-hybridized carbons (Fsp3) is 0.474. The van der Waals surface area contributed by atoms with E-state index < -0.39 is 0 Å². The van der Waals surface area contributed by atoms with Crippen molar-refractivity contribution in [3.63, 3.8) is 0 Å². The molecule has 1 fully saturated rings. The summed E-state index contributed by atoms with van der Waals surface area (Å²) < 4.78 is 13.2. The first-order valence-corrected chi connectivity index (χ1v) is 9.66. The first kappa shape index (κ1) is 18.0. The molecule has 1 amide bonds. The van der Waals surface area contributed by atoms with Gasteiger partial charge in [0, 0.05) is 17.8 Å². The van der Waals surface area contributed by atoms with Crippen molar-refractivity contribution in [3.8, 4) is 0 Å². The molecule has 1 aromatic carbocycles. The highest BCUT2D eigenvalue weighted by Gasteiger charge is 2.24. The summed E-state index contributed by atoms with van der Waals surface area (Å²) in [6, 6.07) is 6.74. The second-order valence-corrected chi connectivity index (χ2v) is 7.41. The molecule has 4 nitrogen and oxygen atoms in total. The Hall–Kier alpha value is -1.79. The van der Waals surface area contributed by atoms with Crippen LogP contribution in [0.15, 0.2) is 29.8 Å². The smallest absolute Gasteiger partial charge is 0.220 e. The number of thiazole rings is 1. The number of hydrogen-bond acceptors (Lipinski definition) is 4. The molecule has 1 atom stereocenters. The van der Waals surface area contributed by atoms with Crippen LogP contribution in [0.4, 0.5) is 4.39 Å². The van der Waals surface area contributed by atoms with E-state index in [0.717, 1.165) is 30.8 Å². The normalized spacial score (nSPS) is 16.1. The molecular weight excluding hydrogens is 337 g/mol. The van der Waals surface area contributed by atoms with Crippen LogP contribution in [0.3, 0.4) is 0 Å². The number of carbonyl (C=O) groups is 1. The highest BCUT2D eigenvalue weighted by Crippen LogP contribution is 2.25. The van der Waals surface area contributed by atoms with Gasteiger partial charge in [0.05, 0.1) is 17.2 Å². The van der Waals surface area contributed by atoms with E-state index in [1.807, 2.05) is 24.6 Å². The van der Waals surface area contributed by atoms with Crippen molar-refractivity contribution in [1.82, 2.24) is 15.2 Å². The van der Waals surface area contributed by atoms with Crippen LogP contribution in [-0.4, -0.2) is 35.4 Å². The third-order valence-electron chi connectivity index (χ3n) is 4.75. The Bertz CT molecular complexity index is 695. The van der Waals surface area contributed by atoms with Crippen LogP contribution in [-0.2, 0) is 11.2 Å². The molecule has 0 saturated carbocycles. The summed E-state index contributed by atoms with van der Waals surface area (Å²) in [5.74, 6) is -0.174. The summed E-state index contributed by atoms with van der Waals surface area (Å²) in [7, 11) is 0. The molecule has 1 N–H and O–H groups in total. The molecule has 0 spiro atoms. The largest absolute Gasteiger partial charge is 0.354 e. The zero-order valence-electron chi connectivity index (χ0n) is 14.5. The maximum atomic E-state index is 13.2. The number of rotatable bonds is 7. The number of carbonyl (C=O) groups excluding carboxylic acids is 1. The van der Waals surface area contributed by atoms with Crippen LogP contribution < -0.4 is 5.32 Å². The highest BCUT2D eigenvalue weighted by atomic mass is 32.1. The number of nitrogens with zero attached hydrogens (tertiary/aromatic N) is 2. The third kappa shape index (κ3) is 4.86. The number of nitrogens with one attached hydrogen (secondary N) is 1. The topological polar surface area (TPSA) is 45.2 Å². The van der Waals surface area contributed by atoms with Crippen LogP contribution >= 0.6 is 11.3 Å². The molecule has 134 valence electrons. The fourth-order valence-electron chi connectivity index (χ4n) is 3.29. The molecule has 25 heavy (non-hydrogen) atoms. The Kier molecular flexibility index (Phi) is 6.15. The van der Waals surface area contributed by atoms with E-state index in [1.165, 1.54) is 29.9 Å². The van der Waals surface area contributed by atoms with Gasteiger partial charge < -0.3 is 5.32 Å². The second kappa shape index (κ2) is 8.54. The average Bonchev–Trinajstić information content (AvgIpc) is 3.27. The van der Waals surface area contributed by atoms with Crippen molar-refractivity contribution in [2.75, 3.05) is 19.6 Å². The lowest BCUT2D eigenvalue weighted by molar-refractivity contribution is -0.121. The zero-order valence-corrected chi connectivity index (χ0v) is 15.3. The quantitative estimate of drug-likeness (QED) is 0.821. The molecule has 1 aromatic heterocycles. The van der Waals surface area contributed by atoms with E-state index in [9.17, 15) is 9.18 Å². The maximum Gasteiger partial charge on any atom is 0.220 e. The van der Waals surface area contributed by atoms with Crippen molar-refractivity contribution in [3.05, 3.63) is 51.7 Å². The van der Waals surface area contributed by atoms with Crippen LogP contribution in [0.5, 0.6) is 0 Å². The molecule has 1 aliphatic rings. The van der Waals surface area contributed by atoms with Gasteiger partial charge in [0.15, 0.2) is 0 Å². The Labute approximate surface area is 152 Å². The molecule has 2 aromatic rings. The van der Waals surface area contributed by atoms with Gasteiger partial charge >= 0.3 is 0 Å². The van der Waals surface area contributed by atoms with E-state index in [2.05, 4.69) is 15.2 Å². The molecule has 6 heteroatoms. The SMILES string of the molecule is Cc1ncsc1CCC(=O)NC[C@H](c1ccc(F)cc1)N1CCCC1. The Morgan fingerprint density at radius 1 is 1.32 bits per heavy atom. The number of aryl methyl sites for hydroxylation is 2. The second-order valence-electron chi connectivity index (χ2n) is 6.48. The van der Waals surface area contributed by atoms with Gasteiger partial charge in [0.1, 0.15) is 5.82 Å². The summed E-state index contributed by atoms with van der Waals surface area (Å²) in [5.41, 5.74) is 3.89. The van der Waals surface area contributed by atoms with E-state index in [4.69, 9.17) is 0 Å². The van der Waals surface area contributed by atoms with Crippen LogP contribution in [0, 0.1) is 12.7 Å². The summed E-state index contributed by atoms with van der Waals surface area (Å²) >= 11 is 1.60. The molecule has 0 unspecified atom stereocenters. The first-order valence-electron chi connectivity index (χ1n) is 8.78. The maximum absolute atomic E-state index is 13.2. The summed E-state index contributed by atoms with van der Waals surface area (Å²) in [5, 5.41) is 3.06. The summed E-state index contributed by atoms with van der Waals surface area (Å²) in [6.45, 7) is 4.59. The number of aromatic nitrogens is 1. The average molecular weight is 361 g/mol. The summed E-state index contributed by atoms with van der Waals surface area (Å²) in [4.78, 5) is 20.0. The van der Waals surface area contributed by atoms with Crippen molar-refractivity contribution < 1.29 is 9.18 Å². The van der Waals surface area contributed by atoms with Gasteiger partial charge in [0.2, 0.25) is 5.91 Å². The number of likely N-dealkylation sites (tertiary alicyclic amines) is 1. The lowest BCUT2D eigenvalue weighted by atomic mass is 10.1. The zero-order chi connectivity index (χ0) is 17.6. The minimum atomic E-state index is -0.229. The first-order chi connectivity index (χ1) is 12.1. The monoisotopic (exact) mass is 361 g/mol. The van der Waals surface area contributed by atoms with Gasteiger partial charge in [0.25, 0.3) is 0 Å². The van der Waals surface area contributed by atoms with Gasteiger partial charge in [-0.15, -0.1) is 11.3 Å². The molecule has 0 bridgehead atoms. The number of amides is 1. The molecule has 0 radical (unpaired) electrons. The fourth-order valence-corrected chi connectivity index (χ4v) is 4.07. The standard InChI is InChI=1S/C19H24FN3OS/c1-14-18(25-13-22-14)8-9-19(24)21-12-17(23-10-2-3-11-23)15-4-6-16(20)7-5-15/h4-7,13,17H,2-3,8-12H2,1H3,(H,21,24)/t17-/m1/s1. The van der Waals surface area contributed by atoms with Crippen molar-refractivity contribution in [2.24, 2.45) is 0 Å². The van der Waals surface area contributed by atoms with E-state index >= 15 is 0 Å². The Balaban J connectivity index is 1.57.